The quantitative estimate of drug-likeness (QED) is 0.771. The second kappa shape index (κ2) is 5.58. The summed E-state index contributed by atoms with van der Waals surface area (Å²) in [6, 6.07) is 1.91. The van der Waals surface area contributed by atoms with Gasteiger partial charge < -0.3 is 5.11 Å². The van der Waals surface area contributed by atoms with E-state index in [0.717, 1.165) is 15.3 Å². The van der Waals surface area contributed by atoms with E-state index in [1.807, 2.05) is 19.9 Å². The number of nitrogens with one attached hydrogen (secondary N) is 2. The zero-order valence-corrected chi connectivity index (χ0v) is 13.4. The van der Waals surface area contributed by atoms with Gasteiger partial charge in [0.2, 0.25) is 10.0 Å². The van der Waals surface area contributed by atoms with Crippen molar-refractivity contribution in [3.05, 3.63) is 32.8 Å². The lowest BCUT2D eigenvalue weighted by Crippen LogP contribution is -2.25. The second-order valence-corrected chi connectivity index (χ2v) is 7.65. The molecule has 0 unspecified atom stereocenters. The average molecular weight is 329 g/mol. The molecule has 0 aliphatic carbocycles. The summed E-state index contributed by atoms with van der Waals surface area (Å²) in [4.78, 5) is 12.7. The predicted molar refractivity (Wildman–Crippen MR) is 78.1 cm³/mol. The predicted octanol–water partition coefficient (Wildman–Crippen LogP) is 1.57. The molecule has 2 aromatic rings. The lowest BCUT2D eigenvalue weighted by molar-refractivity contribution is 0.0686. The molecule has 0 amide bonds. The van der Waals surface area contributed by atoms with E-state index in [4.69, 9.17) is 5.11 Å². The number of hydrogen-bond acceptors (Lipinski definition) is 5. The number of aryl methyl sites for hydroxylation is 3. The minimum atomic E-state index is -3.94. The van der Waals surface area contributed by atoms with Gasteiger partial charge in [-0.3, -0.25) is 5.10 Å². The molecule has 0 aliphatic heterocycles. The number of carbonyl (C=O) groups is 1. The van der Waals surface area contributed by atoms with Crippen LogP contribution in [0.3, 0.4) is 0 Å². The van der Waals surface area contributed by atoms with Crippen molar-refractivity contribution in [2.45, 2.75) is 32.2 Å². The fourth-order valence-electron chi connectivity index (χ4n) is 1.87. The van der Waals surface area contributed by atoms with Crippen LogP contribution in [0.25, 0.3) is 0 Å². The number of aromatic amines is 1. The monoisotopic (exact) mass is 329 g/mol. The topological polar surface area (TPSA) is 112 Å². The van der Waals surface area contributed by atoms with Crippen LogP contribution >= 0.6 is 11.3 Å². The van der Waals surface area contributed by atoms with Crippen LogP contribution in [0.1, 0.15) is 31.5 Å². The molecule has 0 fully saturated rings. The number of rotatable bonds is 5. The first-order valence-electron chi connectivity index (χ1n) is 6.06. The maximum Gasteiger partial charge on any atom is 0.357 e. The zero-order chi connectivity index (χ0) is 15.8. The minimum absolute atomic E-state index is 0.116. The van der Waals surface area contributed by atoms with Gasteiger partial charge in [0.15, 0.2) is 5.69 Å². The maximum absolute atomic E-state index is 12.3. The van der Waals surface area contributed by atoms with Crippen molar-refractivity contribution in [3.63, 3.8) is 0 Å². The Labute approximate surface area is 126 Å². The number of sulfonamides is 1. The first-order chi connectivity index (χ1) is 9.72. The number of aromatic carboxylic acids is 1. The summed E-state index contributed by atoms with van der Waals surface area (Å²) >= 11 is 1.50. The van der Waals surface area contributed by atoms with Crippen LogP contribution in [-0.2, 0) is 16.6 Å². The van der Waals surface area contributed by atoms with Gasteiger partial charge in [0.1, 0.15) is 4.90 Å². The van der Waals surface area contributed by atoms with Crippen LogP contribution in [0.2, 0.25) is 0 Å². The molecule has 9 heteroatoms. The van der Waals surface area contributed by atoms with E-state index in [-0.39, 0.29) is 17.1 Å². The molecule has 21 heavy (non-hydrogen) atoms. The molecule has 7 nitrogen and oxygen atoms in total. The molecule has 0 saturated heterocycles. The SMILES string of the molecule is Cc1cc(CNS(=O)(=O)c2c(C(=O)O)n[nH]c2C)sc1C. The van der Waals surface area contributed by atoms with Crippen molar-refractivity contribution in [1.29, 1.82) is 0 Å². The summed E-state index contributed by atoms with van der Waals surface area (Å²) in [6.45, 7) is 5.49. The molecular formula is C12H15N3O4S2. The number of nitrogens with zero attached hydrogens (tertiary/aromatic N) is 1. The Bertz CT molecular complexity index is 770. The van der Waals surface area contributed by atoms with Gasteiger partial charge in [0.25, 0.3) is 0 Å². The van der Waals surface area contributed by atoms with Gasteiger partial charge >= 0.3 is 5.97 Å². The van der Waals surface area contributed by atoms with E-state index in [2.05, 4.69) is 14.9 Å². The first-order valence-corrected chi connectivity index (χ1v) is 8.36. The highest BCUT2D eigenvalue weighted by Gasteiger charge is 2.28. The molecule has 114 valence electrons. The Hall–Kier alpha value is -1.71. The highest BCUT2D eigenvalue weighted by atomic mass is 32.2. The van der Waals surface area contributed by atoms with E-state index in [1.54, 1.807) is 0 Å². The Morgan fingerprint density at radius 1 is 1.43 bits per heavy atom. The third-order valence-electron chi connectivity index (χ3n) is 3.02. The number of carboxylic acid groups (broad SMARTS) is 1. The highest BCUT2D eigenvalue weighted by molar-refractivity contribution is 7.89. The summed E-state index contributed by atoms with van der Waals surface area (Å²) in [5.41, 5.74) is 0.789. The van der Waals surface area contributed by atoms with E-state index < -0.39 is 21.7 Å². The van der Waals surface area contributed by atoms with Crippen LogP contribution in [-0.4, -0.2) is 29.7 Å². The van der Waals surface area contributed by atoms with E-state index in [0.29, 0.717) is 0 Å². The number of H-pyrrole nitrogens is 1. The molecule has 0 radical (unpaired) electrons. The lowest BCUT2D eigenvalue weighted by atomic mass is 10.3. The third-order valence-corrected chi connectivity index (χ3v) is 5.73. The number of carboxylic acids is 1. The molecule has 0 saturated carbocycles. The summed E-state index contributed by atoms with van der Waals surface area (Å²) in [6.07, 6.45) is 0. The molecule has 0 aromatic carbocycles. The largest absolute Gasteiger partial charge is 0.476 e. The van der Waals surface area contributed by atoms with E-state index in [9.17, 15) is 13.2 Å². The first kappa shape index (κ1) is 15.7. The van der Waals surface area contributed by atoms with Gasteiger partial charge in [-0.15, -0.1) is 11.3 Å². The molecule has 0 spiro atoms. The van der Waals surface area contributed by atoms with Gasteiger partial charge in [0, 0.05) is 16.3 Å². The van der Waals surface area contributed by atoms with Gasteiger partial charge in [-0.05, 0) is 32.4 Å². The van der Waals surface area contributed by atoms with E-state index in [1.165, 1.54) is 18.3 Å². The highest BCUT2D eigenvalue weighted by Crippen LogP contribution is 2.22. The molecule has 2 aromatic heterocycles. The maximum atomic E-state index is 12.3. The summed E-state index contributed by atoms with van der Waals surface area (Å²) in [5.74, 6) is -1.39. The van der Waals surface area contributed by atoms with Gasteiger partial charge in [0.05, 0.1) is 5.69 Å². The van der Waals surface area contributed by atoms with Crippen molar-refractivity contribution in [3.8, 4) is 0 Å². The van der Waals surface area contributed by atoms with Crippen LogP contribution in [0.4, 0.5) is 0 Å². The van der Waals surface area contributed by atoms with Crippen molar-refractivity contribution < 1.29 is 18.3 Å². The van der Waals surface area contributed by atoms with Gasteiger partial charge in [-0.1, -0.05) is 0 Å². The Morgan fingerprint density at radius 3 is 2.62 bits per heavy atom. The van der Waals surface area contributed by atoms with Crippen molar-refractivity contribution in [2.24, 2.45) is 0 Å². The zero-order valence-electron chi connectivity index (χ0n) is 11.7. The van der Waals surface area contributed by atoms with Crippen molar-refractivity contribution in [1.82, 2.24) is 14.9 Å². The van der Waals surface area contributed by atoms with Crippen molar-refractivity contribution in [2.75, 3.05) is 0 Å². The van der Waals surface area contributed by atoms with Crippen LogP contribution in [0.15, 0.2) is 11.0 Å². The fraction of sp³-hybridized carbons (Fsp3) is 0.333. The summed E-state index contributed by atoms with van der Waals surface area (Å²) in [7, 11) is -3.94. The second-order valence-electron chi connectivity index (χ2n) is 4.61. The summed E-state index contributed by atoms with van der Waals surface area (Å²) in [5, 5.41) is 14.9. The van der Waals surface area contributed by atoms with Gasteiger partial charge in [-0.25, -0.2) is 17.9 Å². The third kappa shape index (κ3) is 3.14. The number of aromatic nitrogens is 2. The molecule has 2 heterocycles. The molecule has 0 aliphatic rings. The normalized spacial score (nSPS) is 11.8. The Morgan fingerprint density at radius 2 is 2.10 bits per heavy atom. The van der Waals surface area contributed by atoms with E-state index >= 15 is 0 Å². The van der Waals surface area contributed by atoms with Crippen LogP contribution in [0.5, 0.6) is 0 Å². The standard InChI is InChI=1S/C12H15N3O4S2/c1-6-4-9(20-8(6)3)5-13-21(18,19)11-7(2)14-15-10(11)12(16)17/h4,13H,5H2,1-3H3,(H,14,15)(H,16,17). The number of thiophene rings is 1. The van der Waals surface area contributed by atoms with Crippen LogP contribution in [0, 0.1) is 20.8 Å². The minimum Gasteiger partial charge on any atom is -0.476 e. The molecular weight excluding hydrogens is 314 g/mol. The fourth-order valence-corrected chi connectivity index (χ4v) is 4.28. The average Bonchev–Trinajstić information content (AvgIpc) is 2.92. The Kier molecular flexibility index (Phi) is 4.17. The molecule has 2 rings (SSSR count). The van der Waals surface area contributed by atoms with Gasteiger partial charge in [-0.2, -0.15) is 5.10 Å². The molecule has 0 bridgehead atoms. The number of hydrogen-bond donors (Lipinski definition) is 3. The molecule has 3 N–H and O–H groups in total. The van der Waals surface area contributed by atoms with Crippen LogP contribution < -0.4 is 4.72 Å². The molecule has 0 atom stereocenters. The lowest BCUT2D eigenvalue weighted by Gasteiger charge is -2.05. The smallest absolute Gasteiger partial charge is 0.357 e. The Balaban J connectivity index is 2.27. The summed E-state index contributed by atoms with van der Waals surface area (Å²) < 4.78 is 27.0. The van der Waals surface area contributed by atoms with Crippen molar-refractivity contribution >= 4 is 27.3 Å².